The summed E-state index contributed by atoms with van der Waals surface area (Å²) < 4.78 is 14.1. The standard InChI is InChI=1S/C16H20FIN2S/c1-9(19-13-7-6-11(17)8-12(13)18)14-10(2)20-15(21-14)16(3,4)5/h6-9,19H,1-5H3. The highest BCUT2D eigenvalue weighted by Gasteiger charge is 2.22. The van der Waals surface area contributed by atoms with Crippen LogP contribution in [0.2, 0.25) is 0 Å². The summed E-state index contributed by atoms with van der Waals surface area (Å²) in [4.78, 5) is 5.93. The zero-order valence-electron chi connectivity index (χ0n) is 12.9. The number of nitrogens with zero attached hydrogens (tertiary/aromatic N) is 1. The molecule has 1 atom stereocenters. The fraction of sp³-hybridized carbons (Fsp3) is 0.438. The predicted molar refractivity (Wildman–Crippen MR) is 96.7 cm³/mol. The van der Waals surface area contributed by atoms with Gasteiger partial charge in [0.1, 0.15) is 5.82 Å². The average molecular weight is 418 g/mol. The Kier molecular flexibility index (Phi) is 4.92. The van der Waals surface area contributed by atoms with Gasteiger partial charge >= 0.3 is 0 Å². The molecule has 1 N–H and O–H groups in total. The smallest absolute Gasteiger partial charge is 0.124 e. The summed E-state index contributed by atoms with van der Waals surface area (Å²) in [7, 11) is 0. The van der Waals surface area contributed by atoms with Crippen LogP contribution >= 0.6 is 33.9 Å². The van der Waals surface area contributed by atoms with E-state index in [1.165, 1.54) is 17.0 Å². The van der Waals surface area contributed by atoms with Gasteiger partial charge in [0.2, 0.25) is 0 Å². The number of aryl methyl sites for hydroxylation is 1. The molecule has 0 saturated heterocycles. The van der Waals surface area contributed by atoms with Crippen LogP contribution in [0.5, 0.6) is 0 Å². The number of anilines is 1. The number of aromatic nitrogens is 1. The zero-order valence-corrected chi connectivity index (χ0v) is 15.9. The minimum atomic E-state index is -0.207. The van der Waals surface area contributed by atoms with Crippen LogP contribution in [0, 0.1) is 16.3 Å². The summed E-state index contributed by atoms with van der Waals surface area (Å²) in [5.74, 6) is -0.207. The molecule has 1 aromatic carbocycles. The van der Waals surface area contributed by atoms with Gasteiger partial charge in [-0.25, -0.2) is 9.37 Å². The van der Waals surface area contributed by atoms with Crippen LogP contribution in [-0.4, -0.2) is 4.98 Å². The SMILES string of the molecule is Cc1nc(C(C)(C)C)sc1C(C)Nc1ccc(F)cc1I. The number of benzene rings is 1. The molecule has 2 rings (SSSR count). The number of rotatable bonds is 3. The van der Waals surface area contributed by atoms with Crippen molar-refractivity contribution in [3.8, 4) is 0 Å². The lowest BCUT2D eigenvalue weighted by Crippen LogP contribution is -2.10. The van der Waals surface area contributed by atoms with E-state index >= 15 is 0 Å². The molecule has 2 nitrogen and oxygen atoms in total. The van der Waals surface area contributed by atoms with Crippen molar-refractivity contribution in [3.63, 3.8) is 0 Å². The molecule has 1 unspecified atom stereocenters. The van der Waals surface area contributed by atoms with Crippen molar-refractivity contribution < 1.29 is 4.39 Å². The molecule has 0 aliphatic heterocycles. The van der Waals surface area contributed by atoms with Crippen LogP contribution in [-0.2, 0) is 5.41 Å². The Bertz CT molecular complexity index is 646. The van der Waals surface area contributed by atoms with E-state index in [9.17, 15) is 4.39 Å². The van der Waals surface area contributed by atoms with Gasteiger partial charge in [-0.15, -0.1) is 11.3 Å². The van der Waals surface area contributed by atoms with Gasteiger partial charge in [0.05, 0.1) is 16.7 Å². The van der Waals surface area contributed by atoms with Gasteiger partial charge in [-0.3, -0.25) is 0 Å². The minimum absolute atomic E-state index is 0.0672. The third kappa shape index (κ3) is 3.94. The van der Waals surface area contributed by atoms with Gasteiger partial charge in [0.25, 0.3) is 0 Å². The first-order chi connectivity index (χ1) is 9.68. The van der Waals surface area contributed by atoms with E-state index in [0.717, 1.165) is 20.0 Å². The molecule has 0 bridgehead atoms. The molecule has 0 fully saturated rings. The van der Waals surface area contributed by atoms with Gasteiger partial charge in [0, 0.05) is 19.5 Å². The molecule has 0 saturated carbocycles. The van der Waals surface area contributed by atoms with Crippen LogP contribution in [0.3, 0.4) is 0 Å². The van der Waals surface area contributed by atoms with E-state index in [1.54, 1.807) is 17.4 Å². The lowest BCUT2D eigenvalue weighted by Gasteiger charge is -2.16. The summed E-state index contributed by atoms with van der Waals surface area (Å²) >= 11 is 3.90. The highest BCUT2D eigenvalue weighted by Crippen LogP contribution is 2.34. The number of hydrogen-bond acceptors (Lipinski definition) is 3. The Morgan fingerprint density at radius 2 is 2.00 bits per heavy atom. The second-order valence-electron chi connectivity index (χ2n) is 6.21. The van der Waals surface area contributed by atoms with Crippen molar-refractivity contribution in [3.05, 3.63) is 43.2 Å². The molecule has 1 aromatic heterocycles. The average Bonchev–Trinajstić information content (AvgIpc) is 2.75. The molecule has 0 aliphatic carbocycles. The summed E-state index contributed by atoms with van der Waals surface area (Å²) in [5, 5.41) is 4.61. The van der Waals surface area contributed by atoms with Gasteiger partial charge in [0.15, 0.2) is 0 Å². The van der Waals surface area contributed by atoms with Crippen LogP contribution in [0.4, 0.5) is 10.1 Å². The summed E-state index contributed by atoms with van der Waals surface area (Å²) in [5.41, 5.74) is 2.09. The molecule has 5 heteroatoms. The summed E-state index contributed by atoms with van der Waals surface area (Å²) in [6, 6.07) is 4.96. The first-order valence-corrected chi connectivity index (χ1v) is 8.77. The van der Waals surface area contributed by atoms with E-state index in [2.05, 4.69) is 62.5 Å². The Morgan fingerprint density at radius 3 is 2.52 bits per heavy atom. The van der Waals surface area contributed by atoms with Gasteiger partial charge in [-0.2, -0.15) is 0 Å². The first kappa shape index (κ1) is 16.7. The largest absolute Gasteiger partial charge is 0.377 e. The Balaban J connectivity index is 2.24. The van der Waals surface area contributed by atoms with Crippen molar-refractivity contribution >= 4 is 39.6 Å². The Labute approximate surface area is 143 Å². The Hall–Kier alpha value is -0.690. The second kappa shape index (κ2) is 6.20. The van der Waals surface area contributed by atoms with E-state index in [-0.39, 0.29) is 17.3 Å². The molecule has 1 heterocycles. The molecular weight excluding hydrogens is 398 g/mol. The maximum absolute atomic E-state index is 13.2. The molecular formula is C16H20FIN2S. The fourth-order valence-corrected chi connectivity index (χ4v) is 3.80. The quantitative estimate of drug-likeness (QED) is 0.651. The molecule has 114 valence electrons. The highest BCUT2D eigenvalue weighted by molar-refractivity contribution is 14.1. The van der Waals surface area contributed by atoms with Crippen LogP contribution < -0.4 is 5.32 Å². The highest BCUT2D eigenvalue weighted by atomic mass is 127. The van der Waals surface area contributed by atoms with Crippen molar-refractivity contribution in [2.75, 3.05) is 5.32 Å². The number of nitrogens with one attached hydrogen (secondary N) is 1. The number of halogens is 2. The maximum Gasteiger partial charge on any atom is 0.124 e. The first-order valence-electron chi connectivity index (χ1n) is 6.88. The predicted octanol–water partition coefficient (Wildman–Crippen LogP) is 5.67. The Morgan fingerprint density at radius 1 is 1.33 bits per heavy atom. The van der Waals surface area contributed by atoms with Crippen molar-refractivity contribution in [1.29, 1.82) is 0 Å². The molecule has 21 heavy (non-hydrogen) atoms. The zero-order chi connectivity index (χ0) is 15.8. The van der Waals surface area contributed by atoms with Crippen molar-refractivity contribution in [1.82, 2.24) is 4.98 Å². The third-order valence-electron chi connectivity index (χ3n) is 3.17. The van der Waals surface area contributed by atoms with E-state index in [0.29, 0.717) is 0 Å². The number of thiazole rings is 1. The van der Waals surface area contributed by atoms with E-state index in [4.69, 9.17) is 4.98 Å². The topological polar surface area (TPSA) is 24.9 Å². The van der Waals surface area contributed by atoms with E-state index in [1.807, 2.05) is 0 Å². The molecule has 0 amide bonds. The minimum Gasteiger partial charge on any atom is -0.377 e. The van der Waals surface area contributed by atoms with E-state index < -0.39 is 0 Å². The third-order valence-corrected chi connectivity index (χ3v) is 5.83. The molecule has 2 aromatic rings. The normalized spacial score (nSPS) is 13.3. The monoisotopic (exact) mass is 418 g/mol. The lowest BCUT2D eigenvalue weighted by molar-refractivity contribution is 0.584. The molecule has 0 radical (unpaired) electrons. The molecule has 0 aliphatic rings. The maximum atomic E-state index is 13.2. The summed E-state index contributed by atoms with van der Waals surface area (Å²) in [6.45, 7) is 10.7. The van der Waals surface area contributed by atoms with Crippen LogP contribution in [0.25, 0.3) is 0 Å². The van der Waals surface area contributed by atoms with Crippen molar-refractivity contribution in [2.45, 2.75) is 46.1 Å². The second-order valence-corrected chi connectivity index (χ2v) is 8.40. The number of hydrogen-bond donors (Lipinski definition) is 1. The summed E-state index contributed by atoms with van der Waals surface area (Å²) in [6.07, 6.45) is 0. The van der Waals surface area contributed by atoms with Gasteiger partial charge in [-0.1, -0.05) is 20.8 Å². The molecule has 0 spiro atoms. The van der Waals surface area contributed by atoms with Crippen LogP contribution in [0.1, 0.15) is 49.3 Å². The lowest BCUT2D eigenvalue weighted by atomic mass is 9.98. The van der Waals surface area contributed by atoms with Crippen LogP contribution in [0.15, 0.2) is 18.2 Å². The van der Waals surface area contributed by atoms with Gasteiger partial charge < -0.3 is 5.32 Å². The van der Waals surface area contributed by atoms with Crippen molar-refractivity contribution in [2.24, 2.45) is 0 Å². The van der Waals surface area contributed by atoms with Gasteiger partial charge in [-0.05, 0) is 54.6 Å². The fourth-order valence-electron chi connectivity index (χ4n) is 2.04.